The Kier molecular flexibility index (Phi) is 5.06. The van der Waals surface area contributed by atoms with E-state index < -0.39 is 0 Å². The monoisotopic (exact) mass is 383 g/mol. The second-order valence-corrected chi connectivity index (χ2v) is 8.25. The Bertz CT molecular complexity index is 925. The van der Waals surface area contributed by atoms with E-state index in [4.69, 9.17) is 4.74 Å². The molecule has 0 aliphatic carbocycles. The first-order valence-corrected chi connectivity index (χ1v) is 10.00. The Hall–Kier alpha value is -2.11. The standard InChI is InChI=1S/C22H22FNO2S/c1-14-9-15(7-8-26-14)17-10-18(23)13-20(12-17)27-19-4-5-21-16(11-19)3-6-22(25)24(21)2/h4-5,7,10-14H,3,6,8-9H2,1-2H3/t14-/m0/s1. The molecule has 0 spiro atoms. The van der Waals surface area contributed by atoms with Crippen LogP contribution >= 0.6 is 11.8 Å². The predicted octanol–water partition coefficient (Wildman–Crippen LogP) is 5.08. The van der Waals surface area contributed by atoms with Crippen LogP contribution in [0.25, 0.3) is 5.57 Å². The van der Waals surface area contributed by atoms with Gasteiger partial charge in [0.1, 0.15) is 5.82 Å². The third kappa shape index (κ3) is 3.94. The minimum Gasteiger partial charge on any atom is -0.374 e. The van der Waals surface area contributed by atoms with Crippen molar-refractivity contribution in [2.45, 2.75) is 42.1 Å². The third-order valence-electron chi connectivity index (χ3n) is 5.09. The number of fused-ring (bicyclic) bond motifs is 1. The second kappa shape index (κ2) is 7.49. The van der Waals surface area contributed by atoms with Crippen molar-refractivity contribution < 1.29 is 13.9 Å². The van der Waals surface area contributed by atoms with E-state index in [1.807, 2.05) is 38.2 Å². The lowest BCUT2D eigenvalue weighted by molar-refractivity contribution is -0.118. The van der Waals surface area contributed by atoms with Gasteiger partial charge in [0.25, 0.3) is 0 Å². The number of benzene rings is 2. The van der Waals surface area contributed by atoms with Crippen molar-refractivity contribution in [2.24, 2.45) is 0 Å². The molecule has 0 fully saturated rings. The van der Waals surface area contributed by atoms with Crippen LogP contribution in [0.15, 0.2) is 52.3 Å². The smallest absolute Gasteiger partial charge is 0.227 e. The average molecular weight is 383 g/mol. The first-order chi connectivity index (χ1) is 13.0. The number of aryl methyl sites for hydroxylation is 1. The van der Waals surface area contributed by atoms with Crippen LogP contribution in [0, 0.1) is 5.82 Å². The number of hydrogen-bond acceptors (Lipinski definition) is 3. The normalized spacial score (nSPS) is 19.7. The molecule has 27 heavy (non-hydrogen) atoms. The zero-order valence-electron chi connectivity index (χ0n) is 15.5. The van der Waals surface area contributed by atoms with Gasteiger partial charge in [-0.15, -0.1) is 0 Å². The summed E-state index contributed by atoms with van der Waals surface area (Å²) in [6.45, 7) is 2.61. The second-order valence-electron chi connectivity index (χ2n) is 7.10. The minimum atomic E-state index is -0.224. The summed E-state index contributed by atoms with van der Waals surface area (Å²) in [5.41, 5.74) is 4.20. The van der Waals surface area contributed by atoms with Gasteiger partial charge in [-0.1, -0.05) is 17.8 Å². The Morgan fingerprint density at radius 2 is 2.00 bits per heavy atom. The van der Waals surface area contributed by atoms with Gasteiger partial charge < -0.3 is 9.64 Å². The highest BCUT2D eigenvalue weighted by molar-refractivity contribution is 7.99. The van der Waals surface area contributed by atoms with Gasteiger partial charge in [0.05, 0.1) is 12.7 Å². The summed E-state index contributed by atoms with van der Waals surface area (Å²) in [7, 11) is 1.81. The van der Waals surface area contributed by atoms with Crippen LogP contribution < -0.4 is 4.90 Å². The summed E-state index contributed by atoms with van der Waals surface area (Å²) in [6, 6.07) is 11.3. The zero-order valence-corrected chi connectivity index (χ0v) is 16.3. The largest absolute Gasteiger partial charge is 0.374 e. The fourth-order valence-electron chi connectivity index (χ4n) is 3.64. The van der Waals surface area contributed by atoms with E-state index in [1.54, 1.807) is 28.8 Å². The van der Waals surface area contributed by atoms with E-state index in [2.05, 4.69) is 6.07 Å². The van der Waals surface area contributed by atoms with Gasteiger partial charge in [-0.3, -0.25) is 4.79 Å². The molecule has 0 radical (unpaired) electrons. The van der Waals surface area contributed by atoms with Crippen LogP contribution in [0.5, 0.6) is 0 Å². The molecule has 1 atom stereocenters. The van der Waals surface area contributed by atoms with Crippen molar-refractivity contribution in [3.05, 3.63) is 59.4 Å². The van der Waals surface area contributed by atoms with Crippen molar-refractivity contribution in [1.82, 2.24) is 0 Å². The van der Waals surface area contributed by atoms with E-state index in [9.17, 15) is 9.18 Å². The van der Waals surface area contributed by atoms with Gasteiger partial charge in [0.2, 0.25) is 5.91 Å². The molecular weight excluding hydrogens is 361 g/mol. The van der Waals surface area contributed by atoms with Crippen molar-refractivity contribution >= 4 is 28.9 Å². The van der Waals surface area contributed by atoms with Gasteiger partial charge in [-0.25, -0.2) is 4.39 Å². The number of halogens is 1. The molecule has 2 aromatic carbocycles. The Morgan fingerprint density at radius 3 is 2.81 bits per heavy atom. The highest BCUT2D eigenvalue weighted by Crippen LogP contribution is 2.36. The fourth-order valence-corrected chi connectivity index (χ4v) is 4.61. The first-order valence-electron chi connectivity index (χ1n) is 9.18. The highest BCUT2D eigenvalue weighted by atomic mass is 32.2. The number of rotatable bonds is 3. The van der Waals surface area contributed by atoms with Crippen molar-refractivity contribution in [3.8, 4) is 0 Å². The maximum Gasteiger partial charge on any atom is 0.227 e. The molecule has 0 N–H and O–H groups in total. The maximum absolute atomic E-state index is 14.2. The number of nitrogens with zero attached hydrogens (tertiary/aromatic N) is 1. The molecule has 0 saturated carbocycles. The topological polar surface area (TPSA) is 29.5 Å². The first kappa shape index (κ1) is 18.3. The molecule has 5 heteroatoms. The van der Waals surface area contributed by atoms with Gasteiger partial charge in [-0.05, 0) is 72.9 Å². The Morgan fingerprint density at radius 1 is 1.15 bits per heavy atom. The van der Waals surface area contributed by atoms with Crippen LogP contribution in [0.2, 0.25) is 0 Å². The Labute approximate surface area is 163 Å². The van der Waals surface area contributed by atoms with E-state index in [0.29, 0.717) is 13.0 Å². The van der Waals surface area contributed by atoms with Crippen LogP contribution in [0.1, 0.15) is 30.9 Å². The number of anilines is 1. The van der Waals surface area contributed by atoms with E-state index in [0.717, 1.165) is 39.5 Å². The fraction of sp³-hybridized carbons (Fsp3) is 0.318. The number of amides is 1. The van der Waals surface area contributed by atoms with Crippen LogP contribution in [0.4, 0.5) is 10.1 Å². The van der Waals surface area contributed by atoms with Crippen molar-refractivity contribution in [3.63, 3.8) is 0 Å². The summed E-state index contributed by atoms with van der Waals surface area (Å²) >= 11 is 1.55. The summed E-state index contributed by atoms with van der Waals surface area (Å²) in [5, 5.41) is 0. The molecule has 0 unspecified atom stereocenters. The number of carbonyl (C=O) groups is 1. The zero-order chi connectivity index (χ0) is 19.0. The third-order valence-corrected chi connectivity index (χ3v) is 6.05. The number of hydrogen-bond donors (Lipinski definition) is 0. The molecular formula is C22H22FNO2S. The molecule has 2 aliphatic heterocycles. The van der Waals surface area contributed by atoms with Crippen molar-refractivity contribution in [1.29, 1.82) is 0 Å². The number of ether oxygens (including phenoxy) is 1. The Balaban J connectivity index is 1.60. The van der Waals surface area contributed by atoms with Crippen LogP contribution in [-0.4, -0.2) is 25.7 Å². The van der Waals surface area contributed by atoms with E-state index >= 15 is 0 Å². The molecule has 4 rings (SSSR count). The molecule has 2 heterocycles. The molecule has 2 aromatic rings. The maximum atomic E-state index is 14.2. The minimum absolute atomic E-state index is 0.150. The van der Waals surface area contributed by atoms with E-state index in [1.165, 1.54) is 5.56 Å². The molecule has 3 nitrogen and oxygen atoms in total. The molecule has 0 bridgehead atoms. The van der Waals surface area contributed by atoms with Crippen LogP contribution in [0.3, 0.4) is 0 Å². The average Bonchev–Trinajstić information content (AvgIpc) is 2.64. The summed E-state index contributed by atoms with van der Waals surface area (Å²) < 4.78 is 19.8. The lowest BCUT2D eigenvalue weighted by Crippen LogP contribution is -2.30. The summed E-state index contributed by atoms with van der Waals surface area (Å²) in [5.74, 6) is -0.0741. The molecule has 140 valence electrons. The quantitative estimate of drug-likeness (QED) is 0.740. The van der Waals surface area contributed by atoms with Gasteiger partial charge in [0.15, 0.2) is 0 Å². The summed E-state index contributed by atoms with van der Waals surface area (Å²) in [4.78, 5) is 15.5. The van der Waals surface area contributed by atoms with Gasteiger partial charge in [-0.2, -0.15) is 0 Å². The molecule has 0 saturated heterocycles. The predicted molar refractivity (Wildman–Crippen MR) is 107 cm³/mol. The molecule has 1 amide bonds. The molecule has 0 aromatic heterocycles. The number of carbonyl (C=O) groups excluding carboxylic acids is 1. The van der Waals surface area contributed by atoms with E-state index in [-0.39, 0.29) is 17.8 Å². The van der Waals surface area contributed by atoms with Crippen molar-refractivity contribution in [2.75, 3.05) is 18.6 Å². The van der Waals surface area contributed by atoms with Gasteiger partial charge >= 0.3 is 0 Å². The SMILES string of the molecule is C[C@H]1CC(c2cc(F)cc(Sc3ccc4c(c3)CCC(=O)N4C)c2)=CCO1. The lowest BCUT2D eigenvalue weighted by atomic mass is 9.98. The lowest BCUT2D eigenvalue weighted by Gasteiger charge is -2.26. The van der Waals surface area contributed by atoms with Crippen LogP contribution in [-0.2, 0) is 16.0 Å². The molecule has 2 aliphatic rings. The highest BCUT2D eigenvalue weighted by Gasteiger charge is 2.21. The summed E-state index contributed by atoms with van der Waals surface area (Å²) in [6.07, 6.45) is 4.29. The van der Waals surface area contributed by atoms with Gasteiger partial charge in [0, 0.05) is 28.9 Å².